The molecule has 0 saturated heterocycles. The summed E-state index contributed by atoms with van der Waals surface area (Å²) in [4.78, 5) is 24.5. The van der Waals surface area contributed by atoms with Crippen LogP contribution in [0.4, 0.5) is 5.69 Å². The minimum absolute atomic E-state index is 0.0415. The molecule has 1 saturated carbocycles. The standard InChI is InChI=1S/C11H13N5O3/c17-11-9-10(8(6-12-11)16(18)19)15(14-13-9)7-4-2-1-3-5-7/h6-7H,1-5H2,(H,12,17). The number of hydrogen-bond acceptors (Lipinski definition) is 5. The van der Waals surface area contributed by atoms with Crippen molar-refractivity contribution >= 4 is 16.7 Å². The second kappa shape index (κ2) is 4.45. The second-order valence-electron chi connectivity index (χ2n) is 4.78. The molecule has 0 aromatic carbocycles. The van der Waals surface area contributed by atoms with Gasteiger partial charge in [-0.25, -0.2) is 4.68 Å². The fraction of sp³-hybridized carbons (Fsp3) is 0.545. The van der Waals surface area contributed by atoms with Gasteiger partial charge in [0.15, 0.2) is 11.0 Å². The largest absolute Gasteiger partial charge is 0.321 e. The summed E-state index contributed by atoms with van der Waals surface area (Å²) in [5.74, 6) is 0. The Morgan fingerprint density at radius 3 is 2.79 bits per heavy atom. The summed E-state index contributed by atoms with van der Waals surface area (Å²) < 4.78 is 1.56. The van der Waals surface area contributed by atoms with Gasteiger partial charge in [0.05, 0.1) is 17.2 Å². The Morgan fingerprint density at radius 1 is 1.37 bits per heavy atom. The van der Waals surface area contributed by atoms with E-state index >= 15 is 0 Å². The lowest BCUT2D eigenvalue weighted by Gasteiger charge is -2.21. The maximum absolute atomic E-state index is 11.7. The van der Waals surface area contributed by atoms with Crippen molar-refractivity contribution in [3.63, 3.8) is 0 Å². The van der Waals surface area contributed by atoms with E-state index in [2.05, 4.69) is 15.3 Å². The van der Waals surface area contributed by atoms with Gasteiger partial charge in [-0.3, -0.25) is 14.9 Å². The van der Waals surface area contributed by atoms with Gasteiger partial charge in [-0.05, 0) is 12.8 Å². The first-order chi connectivity index (χ1) is 9.18. The molecule has 1 fully saturated rings. The van der Waals surface area contributed by atoms with Gasteiger partial charge in [0, 0.05) is 0 Å². The van der Waals surface area contributed by atoms with Crippen LogP contribution in [0, 0.1) is 10.1 Å². The van der Waals surface area contributed by atoms with Crippen LogP contribution in [0.25, 0.3) is 11.0 Å². The van der Waals surface area contributed by atoms with Crippen LogP contribution in [-0.2, 0) is 0 Å². The van der Waals surface area contributed by atoms with Crippen molar-refractivity contribution in [1.29, 1.82) is 0 Å². The lowest BCUT2D eigenvalue weighted by molar-refractivity contribution is -0.383. The van der Waals surface area contributed by atoms with Crippen molar-refractivity contribution in [1.82, 2.24) is 20.0 Å². The van der Waals surface area contributed by atoms with Crippen LogP contribution in [0.3, 0.4) is 0 Å². The van der Waals surface area contributed by atoms with Crippen molar-refractivity contribution in [3.8, 4) is 0 Å². The molecule has 3 rings (SSSR count). The number of H-pyrrole nitrogens is 1. The number of nitrogens with one attached hydrogen (secondary N) is 1. The van der Waals surface area contributed by atoms with E-state index in [9.17, 15) is 14.9 Å². The molecule has 2 aromatic rings. The zero-order valence-electron chi connectivity index (χ0n) is 10.2. The monoisotopic (exact) mass is 263 g/mol. The van der Waals surface area contributed by atoms with Gasteiger partial charge < -0.3 is 4.98 Å². The van der Waals surface area contributed by atoms with Crippen LogP contribution < -0.4 is 5.56 Å². The van der Waals surface area contributed by atoms with Crippen LogP contribution in [0.2, 0.25) is 0 Å². The smallest absolute Gasteiger partial charge is 0.312 e. The number of pyridine rings is 1. The minimum atomic E-state index is -0.513. The predicted molar refractivity (Wildman–Crippen MR) is 66.9 cm³/mol. The van der Waals surface area contributed by atoms with Gasteiger partial charge in [0.25, 0.3) is 5.56 Å². The average molecular weight is 263 g/mol. The summed E-state index contributed by atoms with van der Waals surface area (Å²) in [6, 6.07) is 0.0965. The average Bonchev–Trinajstić information content (AvgIpc) is 2.85. The van der Waals surface area contributed by atoms with Gasteiger partial charge >= 0.3 is 5.69 Å². The molecule has 2 heterocycles. The molecule has 8 heteroatoms. The van der Waals surface area contributed by atoms with Gasteiger partial charge in [0.2, 0.25) is 0 Å². The van der Waals surface area contributed by atoms with Crippen LogP contribution in [-0.4, -0.2) is 24.9 Å². The summed E-state index contributed by atoms with van der Waals surface area (Å²) in [6.45, 7) is 0. The Morgan fingerprint density at radius 2 is 2.11 bits per heavy atom. The number of fused-ring (bicyclic) bond motifs is 1. The highest BCUT2D eigenvalue weighted by Crippen LogP contribution is 2.31. The van der Waals surface area contributed by atoms with E-state index in [1.165, 1.54) is 6.42 Å². The third-order valence-electron chi connectivity index (χ3n) is 3.61. The van der Waals surface area contributed by atoms with E-state index in [-0.39, 0.29) is 22.8 Å². The Labute approximate surface area is 107 Å². The molecule has 0 aliphatic heterocycles. The van der Waals surface area contributed by atoms with Crippen molar-refractivity contribution < 1.29 is 4.92 Å². The molecule has 1 aliphatic rings. The number of rotatable bonds is 2. The summed E-state index contributed by atoms with van der Waals surface area (Å²) in [5.41, 5.74) is -0.312. The number of nitrogens with zero attached hydrogens (tertiary/aromatic N) is 4. The molecular weight excluding hydrogens is 250 g/mol. The van der Waals surface area contributed by atoms with Crippen LogP contribution in [0.1, 0.15) is 38.1 Å². The van der Waals surface area contributed by atoms with Crippen LogP contribution in [0.15, 0.2) is 11.0 Å². The second-order valence-corrected chi connectivity index (χ2v) is 4.78. The molecule has 0 unspecified atom stereocenters. The van der Waals surface area contributed by atoms with Crippen molar-refractivity contribution in [2.24, 2.45) is 0 Å². The first-order valence-electron chi connectivity index (χ1n) is 6.29. The fourth-order valence-electron chi connectivity index (χ4n) is 2.68. The van der Waals surface area contributed by atoms with E-state index in [1.54, 1.807) is 4.68 Å². The number of aromatic amines is 1. The molecular formula is C11H13N5O3. The van der Waals surface area contributed by atoms with E-state index in [0.717, 1.165) is 31.9 Å². The summed E-state index contributed by atoms with van der Waals surface area (Å²) in [7, 11) is 0. The molecule has 0 radical (unpaired) electrons. The summed E-state index contributed by atoms with van der Waals surface area (Å²) in [5, 5.41) is 18.8. The zero-order chi connectivity index (χ0) is 13.4. The van der Waals surface area contributed by atoms with E-state index < -0.39 is 10.5 Å². The maximum Gasteiger partial charge on any atom is 0.312 e. The van der Waals surface area contributed by atoms with E-state index in [4.69, 9.17) is 0 Å². The molecule has 8 nitrogen and oxygen atoms in total. The number of nitro groups is 1. The highest BCUT2D eigenvalue weighted by atomic mass is 16.6. The third kappa shape index (κ3) is 1.88. The molecule has 1 N–H and O–H groups in total. The normalized spacial score (nSPS) is 16.8. The molecule has 0 bridgehead atoms. The van der Waals surface area contributed by atoms with E-state index in [1.807, 2.05) is 0 Å². The van der Waals surface area contributed by atoms with Crippen molar-refractivity contribution in [3.05, 3.63) is 26.7 Å². The lowest BCUT2D eigenvalue weighted by atomic mass is 9.95. The Bertz CT molecular complexity index is 683. The van der Waals surface area contributed by atoms with Crippen molar-refractivity contribution in [2.45, 2.75) is 38.1 Å². The number of hydrogen-bond donors (Lipinski definition) is 1. The summed E-state index contributed by atoms with van der Waals surface area (Å²) in [6.07, 6.45) is 6.27. The summed E-state index contributed by atoms with van der Waals surface area (Å²) >= 11 is 0. The van der Waals surface area contributed by atoms with Gasteiger partial charge in [-0.1, -0.05) is 24.5 Å². The molecule has 100 valence electrons. The molecule has 0 spiro atoms. The third-order valence-corrected chi connectivity index (χ3v) is 3.61. The number of aromatic nitrogens is 4. The molecule has 0 atom stereocenters. The van der Waals surface area contributed by atoms with Crippen LogP contribution >= 0.6 is 0 Å². The maximum atomic E-state index is 11.7. The van der Waals surface area contributed by atoms with Gasteiger partial charge in [-0.2, -0.15) is 0 Å². The Balaban J connectivity index is 2.22. The molecule has 0 amide bonds. The highest BCUT2D eigenvalue weighted by Gasteiger charge is 2.25. The SMILES string of the molecule is O=c1[nH]cc([N+](=O)[O-])c2c1nnn2C1CCCCC1. The fourth-order valence-corrected chi connectivity index (χ4v) is 2.68. The molecule has 2 aromatic heterocycles. The first-order valence-corrected chi connectivity index (χ1v) is 6.29. The Hall–Kier alpha value is -2.25. The van der Waals surface area contributed by atoms with Gasteiger partial charge in [-0.15, -0.1) is 5.10 Å². The topological polar surface area (TPSA) is 107 Å². The quantitative estimate of drug-likeness (QED) is 0.653. The Kier molecular flexibility index (Phi) is 2.77. The van der Waals surface area contributed by atoms with Crippen molar-refractivity contribution in [2.75, 3.05) is 0 Å². The predicted octanol–water partition coefficient (Wildman–Crippen LogP) is 1.53. The van der Waals surface area contributed by atoms with Crippen LogP contribution in [0.5, 0.6) is 0 Å². The van der Waals surface area contributed by atoms with Gasteiger partial charge in [0.1, 0.15) is 0 Å². The lowest BCUT2D eigenvalue weighted by Crippen LogP contribution is -2.15. The molecule has 19 heavy (non-hydrogen) atoms. The van der Waals surface area contributed by atoms with E-state index in [0.29, 0.717) is 0 Å². The zero-order valence-corrected chi connectivity index (χ0v) is 10.2. The highest BCUT2D eigenvalue weighted by molar-refractivity contribution is 5.82. The first kappa shape index (κ1) is 11.8. The molecule has 1 aliphatic carbocycles. The minimum Gasteiger partial charge on any atom is -0.321 e.